The third-order valence-corrected chi connectivity index (χ3v) is 3.39. The van der Waals surface area contributed by atoms with Gasteiger partial charge in [0.05, 0.1) is 5.56 Å². The van der Waals surface area contributed by atoms with E-state index in [2.05, 4.69) is 31.4 Å². The lowest BCUT2D eigenvalue weighted by Crippen LogP contribution is -2.11. The fraction of sp³-hybridized carbons (Fsp3) is 0. The van der Waals surface area contributed by atoms with Crippen molar-refractivity contribution in [3.8, 4) is 6.07 Å². The monoisotopic (exact) mass is 323 g/mol. The Morgan fingerprint density at radius 2 is 2.28 bits per heavy atom. The first-order chi connectivity index (χ1) is 8.60. The quantitative estimate of drug-likeness (QED) is 0.879. The van der Waals surface area contributed by atoms with Crippen molar-refractivity contribution in [2.24, 2.45) is 0 Å². The summed E-state index contributed by atoms with van der Waals surface area (Å²) in [6.45, 7) is 0. The summed E-state index contributed by atoms with van der Waals surface area (Å²) in [5.74, 6) is -0.388. The molecule has 0 spiro atoms. The fourth-order valence-electron chi connectivity index (χ4n) is 1.19. The summed E-state index contributed by atoms with van der Waals surface area (Å²) >= 11 is 4.24. The number of amides is 1. The molecule has 90 valence electrons. The standard InChI is InChI=1S/C10H6BrN5OS/c11-7-3-6(2-1-5(7)4-12)14-8(17)9-15-16-10(13)18-9/h1-3H,(H2,13,16)(H,14,17). The Kier molecular flexibility index (Phi) is 3.55. The maximum atomic E-state index is 11.8. The van der Waals surface area contributed by atoms with Gasteiger partial charge in [0.15, 0.2) is 0 Å². The Hall–Kier alpha value is -1.98. The number of carbonyl (C=O) groups excluding carboxylic acids is 1. The predicted octanol–water partition coefficient (Wildman–Crippen LogP) is 2.01. The molecule has 0 fully saturated rings. The lowest BCUT2D eigenvalue weighted by atomic mass is 10.2. The number of nitrogen functional groups attached to an aromatic ring is 1. The first-order valence-electron chi connectivity index (χ1n) is 4.70. The third-order valence-electron chi connectivity index (χ3n) is 1.98. The molecule has 6 nitrogen and oxygen atoms in total. The van der Waals surface area contributed by atoms with Gasteiger partial charge in [-0.1, -0.05) is 11.3 Å². The van der Waals surface area contributed by atoms with Gasteiger partial charge in [0.2, 0.25) is 10.1 Å². The molecule has 3 N–H and O–H groups in total. The number of hydrogen-bond acceptors (Lipinski definition) is 6. The van der Waals surface area contributed by atoms with Crippen LogP contribution in [0.25, 0.3) is 0 Å². The summed E-state index contributed by atoms with van der Waals surface area (Å²) in [4.78, 5) is 11.8. The minimum atomic E-state index is -0.388. The van der Waals surface area contributed by atoms with Crippen molar-refractivity contribution in [2.75, 3.05) is 11.1 Å². The van der Waals surface area contributed by atoms with Gasteiger partial charge in [-0.2, -0.15) is 5.26 Å². The summed E-state index contributed by atoms with van der Waals surface area (Å²) in [5.41, 5.74) is 6.44. The predicted molar refractivity (Wildman–Crippen MR) is 71.1 cm³/mol. The Bertz CT molecular complexity index is 648. The Labute approximate surface area is 115 Å². The Morgan fingerprint density at radius 1 is 1.50 bits per heavy atom. The van der Waals surface area contributed by atoms with Crippen molar-refractivity contribution in [2.45, 2.75) is 0 Å². The molecule has 2 rings (SSSR count). The van der Waals surface area contributed by atoms with Crippen LogP contribution in [-0.2, 0) is 0 Å². The van der Waals surface area contributed by atoms with Crippen molar-refractivity contribution in [3.63, 3.8) is 0 Å². The number of nitrogens with two attached hydrogens (primary N) is 1. The molecule has 18 heavy (non-hydrogen) atoms. The van der Waals surface area contributed by atoms with Crippen LogP contribution in [0.3, 0.4) is 0 Å². The van der Waals surface area contributed by atoms with Crippen molar-refractivity contribution < 1.29 is 4.79 Å². The van der Waals surface area contributed by atoms with E-state index in [1.54, 1.807) is 18.2 Å². The number of anilines is 2. The molecule has 0 aliphatic heterocycles. The van der Waals surface area contributed by atoms with Gasteiger partial charge in [-0.05, 0) is 34.1 Å². The van der Waals surface area contributed by atoms with Gasteiger partial charge < -0.3 is 11.1 Å². The van der Waals surface area contributed by atoms with Crippen LogP contribution in [0.15, 0.2) is 22.7 Å². The molecule has 0 unspecified atom stereocenters. The van der Waals surface area contributed by atoms with Crippen LogP contribution < -0.4 is 11.1 Å². The Balaban J connectivity index is 2.17. The molecule has 0 aliphatic carbocycles. The molecule has 8 heteroatoms. The van der Waals surface area contributed by atoms with Gasteiger partial charge >= 0.3 is 0 Å². The maximum Gasteiger partial charge on any atom is 0.286 e. The highest BCUT2D eigenvalue weighted by Gasteiger charge is 2.12. The number of nitrogens with one attached hydrogen (secondary N) is 1. The lowest BCUT2D eigenvalue weighted by molar-refractivity contribution is 0.102. The van der Waals surface area contributed by atoms with E-state index in [0.717, 1.165) is 11.3 Å². The molecule has 1 aromatic carbocycles. The van der Waals surface area contributed by atoms with E-state index in [9.17, 15) is 4.79 Å². The second kappa shape index (κ2) is 5.12. The van der Waals surface area contributed by atoms with E-state index < -0.39 is 0 Å². The summed E-state index contributed by atoms with van der Waals surface area (Å²) in [5, 5.41) is 19.0. The van der Waals surface area contributed by atoms with Gasteiger partial charge in [0.25, 0.3) is 5.91 Å². The number of rotatable bonds is 2. The zero-order valence-electron chi connectivity index (χ0n) is 8.85. The zero-order valence-corrected chi connectivity index (χ0v) is 11.2. The second-order valence-corrected chi connectivity index (χ2v) is 5.07. The molecule has 0 saturated heterocycles. The lowest BCUT2D eigenvalue weighted by Gasteiger charge is -2.03. The molecule has 0 atom stereocenters. The number of nitrogens with zero attached hydrogens (tertiary/aromatic N) is 3. The number of hydrogen-bond donors (Lipinski definition) is 2. The van der Waals surface area contributed by atoms with E-state index >= 15 is 0 Å². The van der Waals surface area contributed by atoms with E-state index in [0.29, 0.717) is 15.7 Å². The third kappa shape index (κ3) is 2.64. The van der Waals surface area contributed by atoms with E-state index in [1.165, 1.54) is 0 Å². The summed E-state index contributed by atoms with van der Waals surface area (Å²) < 4.78 is 0.611. The van der Waals surface area contributed by atoms with Crippen molar-refractivity contribution >= 4 is 44.0 Å². The van der Waals surface area contributed by atoms with Crippen LogP contribution in [-0.4, -0.2) is 16.1 Å². The van der Waals surface area contributed by atoms with Crippen LogP contribution in [0.4, 0.5) is 10.8 Å². The topological polar surface area (TPSA) is 105 Å². The first-order valence-corrected chi connectivity index (χ1v) is 6.31. The van der Waals surface area contributed by atoms with Gasteiger partial charge in [0, 0.05) is 10.2 Å². The molecule has 0 bridgehead atoms. The first kappa shape index (κ1) is 12.5. The van der Waals surface area contributed by atoms with E-state index in [-0.39, 0.29) is 16.0 Å². The van der Waals surface area contributed by atoms with E-state index in [1.807, 2.05) is 6.07 Å². The molecule has 1 amide bonds. The number of benzene rings is 1. The summed E-state index contributed by atoms with van der Waals surface area (Å²) in [7, 11) is 0. The van der Waals surface area contributed by atoms with Crippen LogP contribution in [0.2, 0.25) is 0 Å². The minimum absolute atomic E-state index is 0.188. The maximum absolute atomic E-state index is 11.8. The molecule has 0 saturated carbocycles. The highest BCUT2D eigenvalue weighted by Crippen LogP contribution is 2.21. The normalized spacial score (nSPS) is 9.78. The highest BCUT2D eigenvalue weighted by atomic mass is 79.9. The van der Waals surface area contributed by atoms with Crippen LogP contribution in [0.1, 0.15) is 15.4 Å². The SMILES string of the molecule is N#Cc1ccc(NC(=O)c2nnc(N)s2)cc1Br. The number of halogens is 1. The van der Waals surface area contributed by atoms with E-state index in [4.69, 9.17) is 11.0 Å². The van der Waals surface area contributed by atoms with Gasteiger partial charge in [-0.3, -0.25) is 4.79 Å². The number of nitriles is 1. The van der Waals surface area contributed by atoms with Gasteiger partial charge in [-0.15, -0.1) is 10.2 Å². The molecule has 1 heterocycles. The molecule has 0 aliphatic rings. The smallest absolute Gasteiger partial charge is 0.286 e. The molecule has 2 aromatic rings. The van der Waals surface area contributed by atoms with Gasteiger partial charge in [-0.25, -0.2) is 0 Å². The minimum Gasteiger partial charge on any atom is -0.374 e. The highest BCUT2D eigenvalue weighted by molar-refractivity contribution is 9.10. The van der Waals surface area contributed by atoms with Crippen LogP contribution >= 0.6 is 27.3 Å². The van der Waals surface area contributed by atoms with Crippen LogP contribution in [0.5, 0.6) is 0 Å². The zero-order chi connectivity index (χ0) is 13.1. The number of aromatic nitrogens is 2. The van der Waals surface area contributed by atoms with Crippen molar-refractivity contribution in [1.29, 1.82) is 5.26 Å². The van der Waals surface area contributed by atoms with Crippen molar-refractivity contribution in [1.82, 2.24) is 10.2 Å². The fourth-order valence-corrected chi connectivity index (χ4v) is 2.17. The van der Waals surface area contributed by atoms with Crippen LogP contribution in [0, 0.1) is 11.3 Å². The second-order valence-electron chi connectivity index (χ2n) is 3.21. The Morgan fingerprint density at radius 3 is 2.83 bits per heavy atom. The van der Waals surface area contributed by atoms with Gasteiger partial charge in [0.1, 0.15) is 6.07 Å². The average Bonchev–Trinajstić information content (AvgIpc) is 2.76. The largest absolute Gasteiger partial charge is 0.374 e. The summed E-state index contributed by atoms with van der Waals surface area (Å²) in [6.07, 6.45) is 0. The average molecular weight is 324 g/mol. The number of carbonyl (C=O) groups is 1. The molecular weight excluding hydrogens is 318 g/mol. The molecule has 0 radical (unpaired) electrons. The van der Waals surface area contributed by atoms with Crippen molar-refractivity contribution in [3.05, 3.63) is 33.2 Å². The molecule has 1 aromatic heterocycles. The molecular formula is C10H6BrN5OS. The summed E-state index contributed by atoms with van der Waals surface area (Å²) in [6, 6.07) is 6.89.